The molecule has 6 heteroatoms. The van der Waals surface area contributed by atoms with Gasteiger partial charge in [-0.3, -0.25) is 4.79 Å². The summed E-state index contributed by atoms with van der Waals surface area (Å²) >= 11 is 0. The Labute approximate surface area is 190 Å². The van der Waals surface area contributed by atoms with Crippen LogP contribution in [0, 0.1) is 5.92 Å². The monoisotopic (exact) mass is 438 g/mol. The minimum Gasteiger partial charge on any atom is -0.392 e. The molecule has 2 aromatic rings. The van der Waals surface area contributed by atoms with Crippen LogP contribution in [0.3, 0.4) is 0 Å². The van der Waals surface area contributed by atoms with Crippen LogP contribution < -0.4 is 5.32 Å². The van der Waals surface area contributed by atoms with Gasteiger partial charge in [-0.05, 0) is 49.2 Å². The molecule has 4 rings (SSSR count). The quantitative estimate of drug-likeness (QED) is 0.699. The number of aliphatic hydroxyl groups is 1. The van der Waals surface area contributed by atoms with Crippen molar-refractivity contribution >= 4 is 11.6 Å². The molecule has 6 nitrogen and oxygen atoms in total. The predicted molar refractivity (Wildman–Crippen MR) is 124 cm³/mol. The van der Waals surface area contributed by atoms with Gasteiger partial charge in [0.15, 0.2) is 6.29 Å². The standard InChI is InChI=1S/C26H34N2O4/c1-18-24(16-28-14-4-3-5-15-28)31-26(22-10-12-23(13-11-22)27-19(2)30)32-25(18)21-8-6-20(17-29)7-9-21/h6-13,18,24-26,29H,3-5,14-17H2,1-2H3,(H,27,30)/t18-,24+,25+,26+/m1/s1. The van der Waals surface area contributed by atoms with Crippen LogP contribution in [0.4, 0.5) is 5.69 Å². The highest BCUT2D eigenvalue weighted by Crippen LogP contribution is 2.42. The molecule has 2 aliphatic heterocycles. The van der Waals surface area contributed by atoms with E-state index in [0.29, 0.717) is 0 Å². The molecule has 0 unspecified atom stereocenters. The number of nitrogens with one attached hydrogen (secondary N) is 1. The average molecular weight is 439 g/mol. The van der Waals surface area contributed by atoms with E-state index >= 15 is 0 Å². The smallest absolute Gasteiger partial charge is 0.221 e. The highest BCUT2D eigenvalue weighted by molar-refractivity contribution is 5.88. The van der Waals surface area contributed by atoms with Crippen molar-refractivity contribution < 1.29 is 19.4 Å². The second-order valence-corrected chi connectivity index (χ2v) is 8.99. The topological polar surface area (TPSA) is 71.0 Å². The maximum atomic E-state index is 11.3. The molecule has 172 valence electrons. The summed E-state index contributed by atoms with van der Waals surface area (Å²) in [6.45, 7) is 6.89. The number of carbonyl (C=O) groups excluding carboxylic acids is 1. The predicted octanol–water partition coefficient (Wildman–Crippen LogP) is 4.41. The van der Waals surface area contributed by atoms with E-state index in [4.69, 9.17) is 9.47 Å². The molecule has 0 saturated carbocycles. The fraction of sp³-hybridized carbons (Fsp3) is 0.500. The lowest BCUT2D eigenvalue weighted by atomic mass is 9.89. The molecule has 32 heavy (non-hydrogen) atoms. The van der Waals surface area contributed by atoms with Crippen molar-refractivity contribution in [3.8, 4) is 0 Å². The largest absolute Gasteiger partial charge is 0.392 e. The summed E-state index contributed by atoms with van der Waals surface area (Å²) in [5.41, 5.74) is 3.68. The highest BCUT2D eigenvalue weighted by atomic mass is 16.7. The Balaban J connectivity index is 1.56. The number of carbonyl (C=O) groups is 1. The zero-order valence-electron chi connectivity index (χ0n) is 19.0. The van der Waals surface area contributed by atoms with Gasteiger partial charge in [0.05, 0.1) is 18.8 Å². The number of amides is 1. The van der Waals surface area contributed by atoms with Crippen LogP contribution in [0.2, 0.25) is 0 Å². The summed E-state index contributed by atoms with van der Waals surface area (Å²) < 4.78 is 13.0. The van der Waals surface area contributed by atoms with E-state index < -0.39 is 6.29 Å². The summed E-state index contributed by atoms with van der Waals surface area (Å²) in [6, 6.07) is 15.7. The fourth-order valence-electron chi connectivity index (χ4n) is 4.65. The van der Waals surface area contributed by atoms with Crippen molar-refractivity contribution in [1.29, 1.82) is 0 Å². The molecule has 2 saturated heterocycles. The minimum atomic E-state index is -0.477. The molecule has 1 amide bonds. The van der Waals surface area contributed by atoms with Crippen LogP contribution in [0.25, 0.3) is 0 Å². The van der Waals surface area contributed by atoms with Crippen molar-refractivity contribution in [3.05, 3.63) is 65.2 Å². The summed E-state index contributed by atoms with van der Waals surface area (Å²) in [5.74, 6) is 0.0940. The Morgan fingerprint density at radius 1 is 1.00 bits per heavy atom. The van der Waals surface area contributed by atoms with E-state index in [-0.39, 0.29) is 30.6 Å². The first kappa shape index (κ1) is 22.9. The lowest BCUT2D eigenvalue weighted by molar-refractivity contribution is -0.276. The van der Waals surface area contributed by atoms with Crippen molar-refractivity contribution in [2.24, 2.45) is 5.92 Å². The number of ether oxygens (including phenoxy) is 2. The lowest BCUT2D eigenvalue weighted by Crippen LogP contribution is -2.45. The van der Waals surface area contributed by atoms with Gasteiger partial charge in [-0.2, -0.15) is 0 Å². The van der Waals surface area contributed by atoms with E-state index in [0.717, 1.165) is 42.0 Å². The van der Waals surface area contributed by atoms with Gasteiger partial charge in [0.2, 0.25) is 5.91 Å². The number of piperidine rings is 1. The lowest BCUT2D eigenvalue weighted by Gasteiger charge is -2.43. The first-order valence-corrected chi connectivity index (χ1v) is 11.6. The van der Waals surface area contributed by atoms with Gasteiger partial charge in [0, 0.05) is 30.6 Å². The first-order valence-electron chi connectivity index (χ1n) is 11.6. The molecule has 0 aliphatic carbocycles. The minimum absolute atomic E-state index is 0.0331. The van der Waals surface area contributed by atoms with Crippen LogP contribution in [-0.4, -0.2) is 41.7 Å². The average Bonchev–Trinajstić information content (AvgIpc) is 2.81. The van der Waals surface area contributed by atoms with E-state index in [1.165, 1.54) is 26.2 Å². The zero-order chi connectivity index (χ0) is 22.5. The number of nitrogens with zero attached hydrogens (tertiary/aromatic N) is 1. The summed E-state index contributed by atoms with van der Waals surface area (Å²) in [5, 5.41) is 12.2. The maximum absolute atomic E-state index is 11.3. The Kier molecular flexibility index (Phi) is 7.58. The summed E-state index contributed by atoms with van der Waals surface area (Å²) in [4.78, 5) is 13.8. The van der Waals surface area contributed by atoms with Crippen LogP contribution in [0.5, 0.6) is 0 Å². The number of rotatable bonds is 6. The molecule has 2 fully saturated rings. The van der Waals surface area contributed by atoms with Crippen molar-refractivity contribution in [3.63, 3.8) is 0 Å². The zero-order valence-corrected chi connectivity index (χ0v) is 19.0. The fourth-order valence-corrected chi connectivity index (χ4v) is 4.65. The first-order chi connectivity index (χ1) is 15.5. The van der Waals surface area contributed by atoms with E-state index in [1.54, 1.807) is 0 Å². The van der Waals surface area contributed by atoms with Gasteiger partial charge >= 0.3 is 0 Å². The molecule has 0 spiro atoms. The van der Waals surface area contributed by atoms with E-state index in [9.17, 15) is 9.90 Å². The SMILES string of the molecule is CC(=O)Nc1ccc([C@H]2O[C@@H](CN3CCCCC3)[C@@H](C)[C@@H](c3ccc(CO)cc3)O2)cc1. The third-order valence-corrected chi connectivity index (χ3v) is 6.51. The number of benzene rings is 2. The Morgan fingerprint density at radius 3 is 2.28 bits per heavy atom. The van der Waals surface area contributed by atoms with Crippen molar-refractivity contribution in [1.82, 2.24) is 4.90 Å². The summed E-state index contributed by atoms with van der Waals surface area (Å²) in [7, 11) is 0. The molecular formula is C26H34N2O4. The van der Waals surface area contributed by atoms with Crippen LogP contribution in [0.15, 0.2) is 48.5 Å². The molecule has 0 aromatic heterocycles. The second-order valence-electron chi connectivity index (χ2n) is 8.99. The number of anilines is 1. The van der Waals surface area contributed by atoms with Gasteiger partial charge in [-0.15, -0.1) is 0 Å². The molecule has 0 bridgehead atoms. The molecule has 2 heterocycles. The van der Waals surface area contributed by atoms with Gasteiger partial charge < -0.3 is 24.8 Å². The van der Waals surface area contributed by atoms with Gasteiger partial charge in [-0.1, -0.05) is 49.7 Å². The van der Waals surface area contributed by atoms with Crippen molar-refractivity contribution in [2.45, 2.75) is 58.2 Å². The van der Waals surface area contributed by atoms with Gasteiger partial charge in [0.25, 0.3) is 0 Å². The maximum Gasteiger partial charge on any atom is 0.221 e. The van der Waals surface area contributed by atoms with Gasteiger partial charge in [0.1, 0.15) is 0 Å². The Morgan fingerprint density at radius 2 is 1.66 bits per heavy atom. The van der Waals surface area contributed by atoms with E-state index in [1.807, 2.05) is 48.5 Å². The van der Waals surface area contributed by atoms with Gasteiger partial charge in [-0.25, -0.2) is 0 Å². The number of hydrogen-bond acceptors (Lipinski definition) is 5. The number of aliphatic hydroxyl groups excluding tert-OH is 1. The highest BCUT2D eigenvalue weighted by Gasteiger charge is 2.39. The van der Waals surface area contributed by atoms with Crippen molar-refractivity contribution in [2.75, 3.05) is 25.0 Å². The number of likely N-dealkylation sites (tertiary alicyclic amines) is 1. The Bertz CT molecular complexity index is 878. The molecule has 2 aromatic carbocycles. The van der Waals surface area contributed by atoms with E-state index in [2.05, 4.69) is 17.1 Å². The Hall–Kier alpha value is -2.25. The van der Waals surface area contributed by atoms with Crippen LogP contribution >= 0.6 is 0 Å². The van der Waals surface area contributed by atoms with Crippen LogP contribution in [0.1, 0.15) is 62.2 Å². The summed E-state index contributed by atoms with van der Waals surface area (Å²) in [6.07, 6.45) is 3.27. The molecule has 2 N–H and O–H groups in total. The van der Waals surface area contributed by atoms with Crippen LogP contribution in [-0.2, 0) is 20.9 Å². The molecule has 4 atom stereocenters. The molecular weight excluding hydrogens is 404 g/mol. The third-order valence-electron chi connectivity index (χ3n) is 6.51. The second kappa shape index (κ2) is 10.6. The number of hydrogen-bond donors (Lipinski definition) is 2. The normalized spacial score (nSPS) is 26.6. The third kappa shape index (κ3) is 5.56. The molecule has 2 aliphatic rings. The molecule has 0 radical (unpaired) electrons.